The Balaban J connectivity index is 1.83. The molecule has 106 valence electrons. The average Bonchev–Trinajstić information content (AvgIpc) is 2.89. The molecule has 4 rings (SSSR count). The first-order valence-electron chi connectivity index (χ1n) is 7.62. The molecule has 1 fully saturated rings. The van der Waals surface area contributed by atoms with Crippen LogP contribution in [0.3, 0.4) is 0 Å². The van der Waals surface area contributed by atoms with Gasteiger partial charge >= 0.3 is 0 Å². The highest BCUT2D eigenvalue weighted by Crippen LogP contribution is 2.54. The number of nitrogens with two attached hydrogens (primary N) is 1. The quantitative estimate of drug-likeness (QED) is 0.890. The molecule has 0 saturated heterocycles. The number of aliphatic hydroxyl groups is 1. The van der Waals surface area contributed by atoms with Gasteiger partial charge in [-0.2, -0.15) is 0 Å². The van der Waals surface area contributed by atoms with Crippen LogP contribution >= 0.6 is 11.3 Å². The van der Waals surface area contributed by atoms with Gasteiger partial charge in [0.25, 0.3) is 0 Å². The molecule has 1 unspecified atom stereocenters. The maximum Gasteiger partial charge on any atom is 0.0759 e. The monoisotopic (exact) mass is 287 g/mol. The maximum absolute atomic E-state index is 11.2. The van der Waals surface area contributed by atoms with E-state index in [1.807, 2.05) is 0 Å². The molecule has 0 bridgehead atoms. The van der Waals surface area contributed by atoms with Gasteiger partial charge < -0.3 is 10.8 Å². The first kappa shape index (κ1) is 12.8. The van der Waals surface area contributed by atoms with E-state index in [9.17, 15) is 5.11 Å². The third-order valence-corrected chi connectivity index (χ3v) is 6.49. The summed E-state index contributed by atoms with van der Waals surface area (Å²) in [5.41, 5.74) is 8.09. The van der Waals surface area contributed by atoms with Gasteiger partial charge in [0.2, 0.25) is 0 Å². The summed E-state index contributed by atoms with van der Waals surface area (Å²) in [6, 6.07) is 6.76. The fraction of sp³-hybridized carbons (Fsp3) is 0.529. The van der Waals surface area contributed by atoms with E-state index in [1.54, 1.807) is 11.3 Å². The number of hydrogen-bond acceptors (Lipinski definition) is 3. The van der Waals surface area contributed by atoms with Crippen LogP contribution in [0.2, 0.25) is 0 Å². The van der Waals surface area contributed by atoms with Gasteiger partial charge in [-0.05, 0) is 59.4 Å². The zero-order chi connectivity index (χ0) is 13.8. The van der Waals surface area contributed by atoms with Crippen molar-refractivity contribution in [3.8, 4) is 0 Å². The maximum atomic E-state index is 11.2. The van der Waals surface area contributed by atoms with Crippen molar-refractivity contribution in [3.05, 3.63) is 34.7 Å². The van der Waals surface area contributed by atoms with E-state index < -0.39 is 5.60 Å². The van der Waals surface area contributed by atoms with E-state index in [-0.39, 0.29) is 5.41 Å². The lowest BCUT2D eigenvalue weighted by Gasteiger charge is -2.55. The van der Waals surface area contributed by atoms with Gasteiger partial charge in [-0.25, -0.2) is 0 Å². The predicted octanol–water partition coefficient (Wildman–Crippen LogP) is 3.35. The summed E-state index contributed by atoms with van der Waals surface area (Å²) in [5.74, 6) is 0. The molecule has 2 aliphatic rings. The van der Waals surface area contributed by atoms with Crippen LogP contribution in [-0.2, 0) is 11.8 Å². The molecule has 1 heterocycles. The van der Waals surface area contributed by atoms with Gasteiger partial charge in [-0.15, -0.1) is 11.3 Å². The molecule has 20 heavy (non-hydrogen) atoms. The van der Waals surface area contributed by atoms with Crippen LogP contribution in [-0.4, -0.2) is 17.3 Å². The van der Waals surface area contributed by atoms with Crippen LogP contribution < -0.4 is 5.73 Å². The molecule has 1 saturated carbocycles. The second kappa shape index (κ2) is 4.30. The van der Waals surface area contributed by atoms with Crippen molar-refractivity contribution in [2.45, 2.75) is 49.5 Å². The van der Waals surface area contributed by atoms with Crippen LogP contribution in [0, 0.1) is 0 Å². The lowest BCUT2D eigenvalue weighted by molar-refractivity contribution is -0.0755. The minimum absolute atomic E-state index is 0.194. The second-order valence-electron chi connectivity index (χ2n) is 6.52. The Hall–Kier alpha value is -0.900. The molecular formula is C17H21NOS. The molecule has 1 aromatic heterocycles. The van der Waals surface area contributed by atoms with Crippen molar-refractivity contribution in [2.24, 2.45) is 5.73 Å². The van der Waals surface area contributed by atoms with Crippen molar-refractivity contribution in [1.29, 1.82) is 0 Å². The van der Waals surface area contributed by atoms with Crippen LogP contribution in [0.1, 0.15) is 43.2 Å². The Morgan fingerprint density at radius 1 is 1.20 bits per heavy atom. The number of hydrogen-bond donors (Lipinski definition) is 2. The normalized spacial score (nSPS) is 28.1. The average molecular weight is 287 g/mol. The van der Waals surface area contributed by atoms with Crippen molar-refractivity contribution in [3.63, 3.8) is 0 Å². The molecule has 2 nitrogen and oxygen atoms in total. The molecule has 2 aromatic rings. The Morgan fingerprint density at radius 2 is 2.00 bits per heavy atom. The van der Waals surface area contributed by atoms with Crippen LogP contribution in [0.5, 0.6) is 0 Å². The minimum atomic E-state index is -0.585. The second-order valence-corrected chi connectivity index (χ2v) is 7.47. The summed E-state index contributed by atoms with van der Waals surface area (Å²) in [4.78, 5) is 0. The summed E-state index contributed by atoms with van der Waals surface area (Å²) in [7, 11) is 0. The van der Waals surface area contributed by atoms with Gasteiger partial charge in [0, 0.05) is 16.7 Å². The van der Waals surface area contributed by atoms with Crippen molar-refractivity contribution in [2.75, 3.05) is 6.54 Å². The van der Waals surface area contributed by atoms with Gasteiger partial charge in [-0.3, -0.25) is 0 Å². The van der Waals surface area contributed by atoms with Gasteiger partial charge in [-0.1, -0.05) is 19.3 Å². The number of rotatable bonds is 2. The number of thiophene rings is 1. The molecule has 2 aliphatic carbocycles. The molecule has 1 atom stereocenters. The standard InChI is InChI=1S/C17H21NOS/c18-11-16(17(19)5-2-1-3-6-17)10-13-8-12-4-7-20-15(12)9-14(13)16/h4,7-9,19H,1-3,5-6,10-11,18H2. The Bertz CT molecular complexity index is 656. The number of fused-ring (bicyclic) bond motifs is 2. The predicted molar refractivity (Wildman–Crippen MR) is 84.3 cm³/mol. The van der Waals surface area contributed by atoms with E-state index in [0.717, 1.165) is 32.1 Å². The van der Waals surface area contributed by atoms with Crippen molar-refractivity contribution in [1.82, 2.24) is 0 Å². The van der Waals surface area contributed by atoms with Gasteiger partial charge in [0.15, 0.2) is 0 Å². The van der Waals surface area contributed by atoms with E-state index in [4.69, 9.17) is 5.73 Å². The minimum Gasteiger partial charge on any atom is -0.389 e. The molecular weight excluding hydrogens is 266 g/mol. The topological polar surface area (TPSA) is 46.2 Å². The van der Waals surface area contributed by atoms with Gasteiger partial charge in [0.05, 0.1) is 5.60 Å². The van der Waals surface area contributed by atoms with Crippen LogP contribution in [0.4, 0.5) is 0 Å². The first-order valence-corrected chi connectivity index (χ1v) is 8.50. The van der Waals surface area contributed by atoms with Gasteiger partial charge in [0.1, 0.15) is 0 Å². The Morgan fingerprint density at radius 3 is 2.75 bits per heavy atom. The Kier molecular flexibility index (Phi) is 2.75. The zero-order valence-electron chi connectivity index (χ0n) is 11.7. The van der Waals surface area contributed by atoms with E-state index >= 15 is 0 Å². The summed E-state index contributed by atoms with van der Waals surface area (Å²) >= 11 is 1.78. The third-order valence-electron chi connectivity index (χ3n) is 5.61. The molecule has 3 heteroatoms. The molecule has 0 aliphatic heterocycles. The van der Waals surface area contributed by atoms with E-state index in [0.29, 0.717) is 6.54 Å². The van der Waals surface area contributed by atoms with Crippen molar-refractivity contribution < 1.29 is 5.11 Å². The first-order chi connectivity index (χ1) is 9.68. The van der Waals surface area contributed by atoms with E-state index in [1.165, 1.54) is 27.6 Å². The highest BCUT2D eigenvalue weighted by atomic mass is 32.1. The lowest BCUT2D eigenvalue weighted by Crippen LogP contribution is -2.62. The molecule has 0 amide bonds. The van der Waals surface area contributed by atoms with Crippen LogP contribution in [0.25, 0.3) is 10.1 Å². The fourth-order valence-electron chi connectivity index (χ4n) is 4.36. The van der Waals surface area contributed by atoms with E-state index in [2.05, 4.69) is 23.6 Å². The molecule has 1 aromatic carbocycles. The summed E-state index contributed by atoms with van der Waals surface area (Å²) in [5, 5.41) is 14.7. The number of benzene rings is 1. The summed E-state index contributed by atoms with van der Waals surface area (Å²) in [6.07, 6.45) is 6.28. The summed E-state index contributed by atoms with van der Waals surface area (Å²) in [6.45, 7) is 0.563. The Labute approximate surface area is 123 Å². The fourth-order valence-corrected chi connectivity index (χ4v) is 5.17. The summed E-state index contributed by atoms with van der Waals surface area (Å²) < 4.78 is 1.32. The largest absolute Gasteiger partial charge is 0.389 e. The molecule has 0 radical (unpaired) electrons. The lowest BCUT2D eigenvalue weighted by atomic mass is 9.52. The molecule has 3 N–H and O–H groups in total. The zero-order valence-corrected chi connectivity index (χ0v) is 12.5. The van der Waals surface area contributed by atoms with Crippen LogP contribution in [0.15, 0.2) is 23.6 Å². The third kappa shape index (κ3) is 1.51. The SMILES string of the molecule is NCC1(C2(O)CCCCC2)Cc2cc3ccsc3cc21. The molecule has 0 spiro atoms. The van der Waals surface area contributed by atoms with Crippen molar-refractivity contribution >= 4 is 21.4 Å². The highest BCUT2D eigenvalue weighted by molar-refractivity contribution is 7.17. The highest BCUT2D eigenvalue weighted by Gasteiger charge is 2.56. The smallest absolute Gasteiger partial charge is 0.0759 e.